The Hall–Kier alpha value is -2.15. The molecule has 5 atom stereocenters. The zero-order chi connectivity index (χ0) is 21.1. The van der Waals surface area contributed by atoms with Gasteiger partial charge in [0.15, 0.2) is 0 Å². The summed E-state index contributed by atoms with van der Waals surface area (Å²) in [6.07, 6.45) is 2.79. The Bertz CT molecular complexity index is 848. The van der Waals surface area contributed by atoms with Gasteiger partial charge in [0.25, 0.3) is 5.91 Å². The van der Waals surface area contributed by atoms with E-state index in [2.05, 4.69) is 19.9 Å². The molecule has 4 rings (SSSR count). The molecule has 2 aliphatic carbocycles. The number of ether oxygens (including phenoxy) is 2. The van der Waals surface area contributed by atoms with Crippen LogP contribution in [-0.2, 0) is 14.3 Å². The van der Waals surface area contributed by atoms with Gasteiger partial charge in [-0.1, -0.05) is 13.8 Å². The van der Waals surface area contributed by atoms with Crippen LogP contribution in [0.4, 0.5) is 9.18 Å². The standard InChI is InChI=1S/C22H29FN2O4/c1-12-16-10-22(3)13(2)19(29-21(27)25-7-6-15(23)11-25)18(28-5)9-14(22)8-17(16)24(4)20(12)26/h8-9,13,15,18-19H,6-7,10-11H2,1-5H3/t13-,15?,18+,19+,22+/m0/s1. The van der Waals surface area contributed by atoms with E-state index < -0.39 is 24.5 Å². The van der Waals surface area contributed by atoms with E-state index in [1.807, 2.05) is 13.0 Å². The molecule has 2 aliphatic heterocycles. The molecule has 158 valence electrons. The molecule has 29 heavy (non-hydrogen) atoms. The third-order valence-electron chi connectivity index (χ3n) is 7.31. The maximum atomic E-state index is 13.5. The first-order chi connectivity index (χ1) is 13.7. The number of halogens is 1. The highest BCUT2D eigenvalue weighted by Crippen LogP contribution is 2.54. The number of methoxy groups -OCH3 is 1. The minimum atomic E-state index is -0.984. The van der Waals surface area contributed by atoms with Crippen molar-refractivity contribution in [3.8, 4) is 0 Å². The average molecular weight is 404 g/mol. The number of nitrogens with zero attached hydrogens (tertiary/aromatic N) is 2. The van der Waals surface area contributed by atoms with Crippen LogP contribution >= 0.6 is 0 Å². The quantitative estimate of drug-likeness (QED) is 0.709. The van der Waals surface area contributed by atoms with Gasteiger partial charge in [0.05, 0.1) is 6.54 Å². The number of allylic oxidation sites excluding steroid dienone is 3. The predicted octanol–water partition coefficient (Wildman–Crippen LogP) is 3.21. The topological polar surface area (TPSA) is 59.1 Å². The number of likely N-dealkylation sites (tertiary alicyclic amines) is 1. The van der Waals surface area contributed by atoms with E-state index in [4.69, 9.17) is 9.47 Å². The first kappa shape index (κ1) is 20.1. The number of amides is 2. The van der Waals surface area contributed by atoms with Gasteiger partial charge in [-0.25, -0.2) is 9.18 Å². The number of carbonyl (C=O) groups excluding carboxylic acids is 2. The van der Waals surface area contributed by atoms with Crippen LogP contribution in [0.3, 0.4) is 0 Å². The van der Waals surface area contributed by atoms with Crippen molar-refractivity contribution in [2.75, 3.05) is 27.2 Å². The summed E-state index contributed by atoms with van der Waals surface area (Å²) in [7, 11) is 3.40. The molecule has 7 heteroatoms. The third-order valence-corrected chi connectivity index (χ3v) is 7.31. The lowest BCUT2D eigenvalue weighted by Gasteiger charge is -2.49. The van der Waals surface area contributed by atoms with E-state index in [-0.39, 0.29) is 23.8 Å². The van der Waals surface area contributed by atoms with Gasteiger partial charge in [-0.3, -0.25) is 4.79 Å². The second-order valence-corrected chi connectivity index (χ2v) is 8.88. The van der Waals surface area contributed by atoms with Crippen molar-refractivity contribution >= 4 is 12.0 Å². The largest absolute Gasteiger partial charge is 0.443 e. The van der Waals surface area contributed by atoms with Gasteiger partial charge < -0.3 is 19.3 Å². The molecule has 0 spiro atoms. The highest BCUT2D eigenvalue weighted by atomic mass is 19.1. The molecule has 0 aromatic rings. The molecule has 1 unspecified atom stereocenters. The van der Waals surface area contributed by atoms with Crippen molar-refractivity contribution in [2.24, 2.45) is 11.3 Å². The Balaban J connectivity index is 1.66. The second-order valence-electron chi connectivity index (χ2n) is 8.88. The summed E-state index contributed by atoms with van der Waals surface area (Å²) in [6.45, 7) is 6.55. The van der Waals surface area contributed by atoms with Gasteiger partial charge in [0.1, 0.15) is 18.4 Å². The summed E-state index contributed by atoms with van der Waals surface area (Å²) in [5.41, 5.74) is 3.59. The van der Waals surface area contributed by atoms with E-state index in [0.717, 1.165) is 22.4 Å². The normalized spacial score (nSPS) is 36.7. The van der Waals surface area contributed by atoms with Crippen LogP contribution < -0.4 is 0 Å². The minimum Gasteiger partial charge on any atom is -0.443 e. The third kappa shape index (κ3) is 3.01. The van der Waals surface area contributed by atoms with Crippen LogP contribution in [-0.4, -0.2) is 67.4 Å². The van der Waals surface area contributed by atoms with Crippen LogP contribution in [0.2, 0.25) is 0 Å². The summed E-state index contributed by atoms with van der Waals surface area (Å²) in [5.74, 6) is -0.0119. The molecule has 1 fully saturated rings. The Morgan fingerprint density at radius 1 is 1.38 bits per heavy atom. The monoisotopic (exact) mass is 404 g/mol. The summed E-state index contributed by atoms with van der Waals surface area (Å²) in [4.78, 5) is 28.2. The molecule has 2 heterocycles. The average Bonchev–Trinajstić information content (AvgIpc) is 3.21. The summed E-state index contributed by atoms with van der Waals surface area (Å²) < 4.78 is 25.0. The van der Waals surface area contributed by atoms with E-state index in [1.54, 1.807) is 19.1 Å². The molecule has 0 bridgehead atoms. The molecule has 0 saturated carbocycles. The number of fused-ring (bicyclic) bond motifs is 2. The van der Waals surface area contributed by atoms with Crippen LogP contribution in [0.5, 0.6) is 0 Å². The number of carbonyl (C=O) groups is 2. The van der Waals surface area contributed by atoms with Crippen LogP contribution in [0.15, 0.2) is 34.6 Å². The van der Waals surface area contributed by atoms with Gasteiger partial charge in [-0.2, -0.15) is 0 Å². The Labute approximate surface area is 171 Å². The lowest BCUT2D eigenvalue weighted by molar-refractivity contribution is -0.123. The van der Waals surface area contributed by atoms with E-state index in [1.165, 1.54) is 4.90 Å². The lowest BCUT2D eigenvalue weighted by atomic mass is 9.59. The maximum absolute atomic E-state index is 13.5. The van der Waals surface area contributed by atoms with Gasteiger partial charge in [-0.05, 0) is 43.1 Å². The number of hydrogen-bond donors (Lipinski definition) is 0. The highest BCUT2D eigenvalue weighted by Gasteiger charge is 2.51. The lowest BCUT2D eigenvalue weighted by Crippen LogP contribution is -2.50. The van der Waals surface area contributed by atoms with Crippen LogP contribution in [0, 0.1) is 11.3 Å². The summed E-state index contributed by atoms with van der Waals surface area (Å²) in [5, 5.41) is 0. The number of rotatable bonds is 2. The molecule has 1 saturated heterocycles. The fraction of sp³-hybridized carbons (Fsp3) is 0.636. The number of alkyl halides is 1. The highest BCUT2D eigenvalue weighted by molar-refractivity contribution is 6.00. The van der Waals surface area contributed by atoms with Gasteiger partial charge in [0, 0.05) is 43.3 Å². The minimum absolute atomic E-state index is 0.0304. The zero-order valence-electron chi connectivity index (χ0n) is 17.7. The SMILES string of the molecule is CO[C@@H]1C=C2C=C3C(=C(C)C(=O)N3C)C[C@]2(C)[C@@H](C)[C@H]1OC(=O)N1CCC(F)C1. The van der Waals surface area contributed by atoms with Crippen LogP contribution in [0.25, 0.3) is 0 Å². The second kappa shape index (κ2) is 6.97. The van der Waals surface area contributed by atoms with Crippen LogP contribution in [0.1, 0.15) is 33.6 Å². The molecule has 0 N–H and O–H groups in total. The fourth-order valence-corrected chi connectivity index (χ4v) is 5.10. The Morgan fingerprint density at radius 2 is 2.10 bits per heavy atom. The number of likely N-dealkylation sites (N-methyl/N-ethyl adjacent to an activating group) is 1. The zero-order valence-corrected chi connectivity index (χ0v) is 17.7. The predicted molar refractivity (Wildman–Crippen MR) is 106 cm³/mol. The first-order valence-electron chi connectivity index (χ1n) is 10.2. The molecule has 0 aromatic heterocycles. The van der Waals surface area contributed by atoms with Crippen molar-refractivity contribution < 1.29 is 23.5 Å². The molecule has 4 aliphatic rings. The molecule has 2 amide bonds. The van der Waals surface area contributed by atoms with Gasteiger partial charge in [0.2, 0.25) is 0 Å². The molecular weight excluding hydrogens is 375 g/mol. The molecule has 0 aromatic carbocycles. The fourth-order valence-electron chi connectivity index (χ4n) is 5.10. The van der Waals surface area contributed by atoms with Gasteiger partial charge in [-0.15, -0.1) is 0 Å². The summed E-state index contributed by atoms with van der Waals surface area (Å²) in [6, 6.07) is 0. The Morgan fingerprint density at radius 3 is 2.72 bits per heavy atom. The van der Waals surface area contributed by atoms with E-state index in [0.29, 0.717) is 19.4 Å². The van der Waals surface area contributed by atoms with Crippen molar-refractivity contribution in [3.05, 3.63) is 34.6 Å². The first-order valence-corrected chi connectivity index (χ1v) is 10.2. The summed E-state index contributed by atoms with van der Waals surface area (Å²) >= 11 is 0. The van der Waals surface area contributed by atoms with Crippen molar-refractivity contribution in [1.82, 2.24) is 9.80 Å². The number of hydrogen-bond acceptors (Lipinski definition) is 4. The van der Waals surface area contributed by atoms with E-state index >= 15 is 0 Å². The van der Waals surface area contributed by atoms with Crippen molar-refractivity contribution in [2.45, 2.75) is 52.0 Å². The Kier molecular flexibility index (Phi) is 4.84. The van der Waals surface area contributed by atoms with E-state index in [9.17, 15) is 14.0 Å². The molecule has 6 nitrogen and oxygen atoms in total. The van der Waals surface area contributed by atoms with Gasteiger partial charge >= 0.3 is 6.09 Å². The maximum Gasteiger partial charge on any atom is 0.410 e. The van der Waals surface area contributed by atoms with Crippen molar-refractivity contribution in [3.63, 3.8) is 0 Å². The van der Waals surface area contributed by atoms with Crippen molar-refractivity contribution in [1.29, 1.82) is 0 Å². The smallest absolute Gasteiger partial charge is 0.410 e. The molecule has 0 radical (unpaired) electrons. The molecular formula is C22H29FN2O4.